The van der Waals surface area contributed by atoms with Crippen molar-refractivity contribution in [2.45, 2.75) is 24.5 Å². The van der Waals surface area contributed by atoms with Crippen molar-refractivity contribution in [1.82, 2.24) is 14.5 Å². The number of benzene rings is 2. The molecule has 0 bridgehead atoms. The van der Waals surface area contributed by atoms with Crippen LogP contribution in [0.2, 0.25) is 0 Å². The van der Waals surface area contributed by atoms with Crippen molar-refractivity contribution in [3.63, 3.8) is 0 Å². The van der Waals surface area contributed by atoms with E-state index in [1.807, 2.05) is 18.2 Å². The van der Waals surface area contributed by atoms with Gasteiger partial charge in [0.05, 0.1) is 11.5 Å². The Labute approximate surface area is 167 Å². The highest BCUT2D eigenvalue weighted by Gasteiger charge is 2.17. The third-order valence-corrected chi connectivity index (χ3v) is 6.55. The predicted molar refractivity (Wildman–Crippen MR) is 110 cm³/mol. The van der Waals surface area contributed by atoms with E-state index < -0.39 is 10.0 Å². The molecular formula is C21H29N3O3S. The van der Waals surface area contributed by atoms with Gasteiger partial charge in [-0.05, 0) is 36.2 Å². The monoisotopic (exact) mass is 403 g/mol. The molecule has 0 aromatic heterocycles. The van der Waals surface area contributed by atoms with Crippen molar-refractivity contribution in [3.8, 4) is 0 Å². The van der Waals surface area contributed by atoms with Gasteiger partial charge in [-0.15, -0.1) is 0 Å². The van der Waals surface area contributed by atoms with Gasteiger partial charge in [0.25, 0.3) is 0 Å². The van der Waals surface area contributed by atoms with Crippen molar-refractivity contribution < 1.29 is 13.5 Å². The van der Waals surface area contributed by atoms with E-state index in [2.05, 4.69) is 26.7 Å². The summed E-state index contributed by atoms with van der Waals surface area (Å²) in [7, 11) is -3.40. The minimum Gasteiger partial charge on any atom is -0.392 e. The lowest BCUT2D eigenvalue weighted by atomic mass is 10.1. The van der Waals surface area contributed by atoms with Gasteiger partial charge in [-0.1, -0.05) is 42.5 Å². The van der Waals surface area contributed by atoms with E-state index in [9.17, 15) is 8.42 Å². The Morgan fingerprint density at radius 3 is 2.11 bits per heavy atom. The van der Waals surface area contributed by atoms with Crippen LogP contribution < -0.4 is 4.72 Å². The van der Waals surface area contributed by atoms with Crippen LogP contribution in [0.4, 0.5) is 0 Å². The number of hydrogen-bond acceptors (Lipinski definition) is 5. The molecule has 1 aliphatic heterocycles. The number of piperazine rings is 1. The number of hydrogen-bond donors (Lipinski definition) is 2. The van der Waals surface area contributed by atoms with Crippen LogP contribution in [-0.4, -0.2) is 62.6 Å². The average Bonchev–Trinajstić information content (AvgIpc) is 2.73. The fourth-order valence-corrected chi connectivity index (χ4v) is 4.47. The van der Waals surface area contributed by atoms with Crippen LogP contribution in [0, 0.1) is 0 Å². The second kappa shape index (κ2) is 10.1. The summed E-state index contributed by atoms with van der Waals surface area (Å²) in [6, 6.07) is 16.6. The maximum atomic E-state index is 12.2. The Bertz CT molecular complexity index is 818. The molecule has 1 heterocycles. The Kier molecular flexibility index (Phi) is 7.58. The van der Waals surface area contributed by atoms with Crippen LogP contribution >= 0.6 is 0 Å². The van der Waals surface area contributed by atoms with Crippen LogP contribution in [0.3, 0.4) is 0 Å². The van der Waals surface area contributed by atoms with E-state index >= 15 is 0 Å². The van der Waals surface area contributed by atoms with E-state index in [-0.39, 0.29) is 6.61 Å². The Hall–Kier alpha value is -1.77. The van der Waals surface area contributed by atoms with Crippen LogP contribution in [0.5, 0.6) is 0 Å². The third-order valence-electron chi connectivity index (χ3n) is 5.07. The first-order valence-electron chi connectivity index (χ1n) is 9.75. The highest BCUT2D eigenvalue weighted by atomic mass is 32.2. The predicted octanol–water partition coefficient (Wildman–Crippen LogP) is 1.67. The second-order valence-electron chi connectivity index (χ2n) is 7.16. The molecule has 0 spiro atoms. The lowest BCUT2D eigenvalue weighted by Gasteiger charge is -2.34. The van der Waals surface area contributed by atoms with E-state index in [1.165, 1.54) is 5.56 Å². The Morgan fingerprint density at radius 1 is 0.857 bits per heavy atom. The molecule has 0 aliphatic carbocycles. The van der Waals surface area contributed by atoms with Crippen molar-refractivity contribution >= 4 is 10.0 Å². The van der Waals surface area contributed by atoms with Crippen molar-refractivity contribution in [1.29, 1.82) is 0 Å². The molecule has 2 N–H and O–H groups in total. The van der Waals surface area contributed by atoms with Gasteiger partial charge < -0.3 is 10.0 Å². The van der Waals surface area contributed by atoms with Gasteiger partial charge in [-0.3, -0.25) is 4.90 Å². The first kappa shape index (κ1) is 21.0. The van der Waals surface area contributed by atoms with Crippen molar-refractivity contribution in [2.75, 3.05) is 39.3 Å². The topological polar surface area (TPSA) is 72.9 Å². The van der Waals surface area contributed by atoms with E-state index in [4.69, 9.17) is 5.11 Å². The second-order valence-corrected chi connectivity index (χ2v) is 8.92. The molecular weight excluding hydrogens is 374 g/mol. The minimum atomic E-state index is -3.40. The van der Waals surface area contributed by atoms with Gasteiger partial charge in [-0.25, -0.2) is 13.1 Å². The number of sulfonamides is 1. The fourth-order valence-electron chi connectivity index (χ4n) is 3.37. The molecule has 2 aromatic carbocycles. The molecule has 2 aromatic rings. The molecule has 152 valence electrons. The molecule has 0 saturated carbocycles. The number of aliphatic hydroxyl groups is 1. The van der Waals surface area contributed by atoms with Gasteiger partial charge in [0.1, 0.15) is 0 Å². The van der Waals surface area contributed by atoms with E-state index in [0.717, 1.165) is 51.3 Å². The SMILES string of the molecule is O=S(=O)(NCCCN1CCN(Cc2ccc(CO)cc2)CC1)c1ccccc1. The van der Waals surface area contributed by atoms with Crippen LogP contribution in [-0.2, 0) is 23.2 Å². The maximum Gasteiger partial charge on any atom is 0.240 e. The van der Waals surface area contributed by atoms with E-state index in [1.54, 1.807) is 24.3 Å². The number of nitrogens with one attached hydrogen (secondary N) is 1. The Morgan fingerprint density at radius 2 is 1.46 bits per heavy atom. The smallest absolute Gasteiger partial charge is 0.240 e. The van der Waals surface area contributed by atoms with Crippen LogP contribution in [0.15, 0.2) is 59.5 Å². The third kappa shape index (κ3) is 6.12. The van der Waals surface area contributed by atoms with Crippen LogP contribution in [0.1, 0.15) is 17.5 Å². The zero-order valence-electron chi connectivity index (χ0n) is 16.1. The van der Waals surface area contributed by atoms with Crippen molar-refractivity contribution in [2.24, 2.45) is 0 Å². The Balaban J connectivity index is 1.34. The average molecular weight is 404 g/mol. The van der Waals surface area contributed by atoms with Gasteiger partial charge in [0.2, 0.25) is 10.0 Å². The van der Waals surface area contributed by atoms with E-state index in [0.29, 0.717) is 11.4 Å². The highest BCUT2D eigenvalue weighted by Crippen LogP contribution is 2.11. The molecule has 0 radical (unpaired) electrons. The lowest BCUT2D eigenvalue weighted by Crippen LogP contribution is -2.46. The summed E-state index contributed by atoms with van der Waals surface area (Å²) < 4.78 is 27.1. The zero-order valence-corrected chi connectivity index (χ0v) is 16.9. The molecule has 7 heteroatoms. The summed E-state index contributed by atoms with van der Waals surface area (Å²) in [6.07, 6.45) is 0.800. The molecule has 3 rings (SSSR count). The number of aliphatic hydroxyl groups excluding tert-OH is 1. The lowest BCUT2D eigenvalue weighted by molar-refractivity contribution is 0.126. The van der Waals surface area contributed by atoms with Crippen molar-refractivity contribution in [3.05, 3.63) is 65.7 Å². The molecule has 0 atom stereocenters. The molecule has 1 aliphatic rings. The zero-order chi connectivity index (χ0) is 19.8. The largest absolute Gasteiger partial charge is 0.392 e. The molecule has 1 saturated heterocycles. The normalized spacial score (nSPS) is 16.3. The number of nitrogens with zero attached hydrogens (tertiary/aromatic N) is 2. The number of rotatable bonds is 9. The van der Waals surface area contributed by atoms with Gasteiger partial charge in [-0.2, -0.15) is 0 Å². The van der Waals surface area contributed by atoms with Gasteiger partial charge in [0.15, 0.2) is 0 Å². The quantitative estimate of drug-likeness (QED) is 0.623. The highest BCUT2D eigenvalue weighted by molar-refractivity contribution is 7.89. The first-order valence-corrected chi connectivity index (χ1v) is 11.2. The summed E-state index contributed by atoms with van der Waals surface area (Å²) in [5.74, 6) is 0. The van der Waals surface area contributed by atoms with Gasteiger partial charge >= 0.3 is 0 Å². The fraction of sp³-hybridized carbons (Fsp3) is 0.429. The molecule has 1 fully saturated rings. The molecule has 28 heavy (non-hydrogen) atoms. The summed E-state index contributed by atoms with van der Waals surface area (Å²) in [5.41, 5.74) is 2.21. The maximum absolute atomic E-state index is 12.2. The molecule has 0 unspecified atom stereocenters. The minimum absolute atomic E-state index is 0.0838. The van der Waals surface area contributed by atoms with Gasteiger partial charge in [0, 0.05) is 39.3 Å². The summed E-state index contributed by atoms with van der Waals surface area (Å²) >= 11 is 0. The standard InChI is InChI=1S/C21H29N3O3S/c25-18-20-9-7-19(8-10-20)17-24-15-13-23(14-16-24)12-4-11-22-28(26,27)21-5-2-1-3-6-21/h1-3,5-10,22,25H,4,11-18H2. The molecule has 0 amide bonds. The summed E-state index contributed by atoms with van der Waals surface area (Å²) in [6.45, 7) is 6.39. The summed E-state index contributed by atoms with van der Waals surface area (Å²) in [5, 5.41) is 9.12. The van der Waals surface area contributed by atoms with Crippen LogP contribution in [0.25, 0.3) is 0 Å². The first-order chi connectivity index (χ1) is 13.6. The summed E-state index contributed by atoms with van der Waals surface area (Å²) in [4.78, 5) is 5.14. The molecule has 6 nitrogen and oxygen atoms in total.